The number of nitrogens with zero attached hydrogens (tertiary/aromatic N) is 1. The molecule has 1 heterocycles. The van der Waals surface area contributed by atoms with Gasteiger partial charge in [-0.05, 0) is 6.92 Å². The lowest BCUT2D eigenvalue weighted by Crippen LogP contribution is -2.33. The van der Waals surface area contributed by atoms with Crippen LogP contribution in [-0.4, -0.2) is 30.5 Å². The Kier molecular flexibility index (Phi) is 5.01. The van der Waals surface area contributed by atoms with Gasteiger partial charge in [-0.25, -0.2) is 13.8 Å². The summed E-state index contributed by atoms with van der Waals surface area (Å²) in [6.45, 7) is 0.620. The van der Waals surface area contributed by atoms with E-state index < -0.39 is 19.0 Å². The third kappa shape index (κ3) is 3.90. The molecule has 8 heteroatoms. The molecular weight excluding hydrogens is 278 g/mol. The maximum Gasteiger partial charge on any atom is 0.340 e. The van der Waals surface area contributed by atoms with E-state index in [1.807, 2.05) is 0 Å². The molecular formula is C10H10ClF4NO2. The maximum absolute atomic E-state index is 12.6. The summed E-state index contributed by atoms with van der Waals surface area (Å²) in [5.74, 6) is -4.26. The minimum absolute atomic E-state index is 0.0917. The van der Waals surface area contributed by atoms with Gasteiger partial charge in [0.25, 0.3) is 0 Å². The Morgan fingerprint density at radius 3 is 2.56 bits per heavy atom. The molecule has 18 heavy (non-hydrogen) atoms. The molecule has 1 rings (SSSR count). The second-order valence-electron chi connectivity index (χ2n) is 3.24. The van der Waals surface area contributed by atoms with Gasteiger partial charge < -0.3 is 9.47 Å². The molecule has 0 radical (unpaired) electrons. The van der Waals surface area contributed by atoms with Crippen LogP contribution < -0.4 is 9.47 Å². The lowest BCUT2D eigenvalue weighted by Gasteiger charge is -2.16. The van der Waals surface area contributed by atoms with E-state index in [-0.39, 0.29) is 10.9 Å². The standard InChI is InChI=1S/C10H10ClF4NO2/c1-2-17-6-3-7(11)8(16-4-6)18-5-10(14,15)9(12)13/h3-4,9H,2,5H2,1H3. The summed E-state index contributed by atoms with van der Waals surface area (Å²) >= 11 is 5.67. The van der Waals surface area contributed by atoms with Crippen molar-refractivity contribution in [3.8, 4) is 11.6 Å². The number of alkyl halides is 4. The number of halogens is 5. The summed E-state index contributed by atoms with van der Waals surface area (Å²) in [4.78, 5) is 3.60. The quantitative estimate of drug-likeness (QED) is 0.751. The molecule has 0 spiro atoms. The van der Waals surface area contributed by atoms with E-state index in [1.54, 1.807) is 6.92 Å². The van der Waals surface area contributed by atoms with Crippen molar-refractivity contribution < 1.29 is 27.0 Å². The molecule has 3 nitrogen and oxygen atoms in total. The molecule has 102 valence electrons. The van der Waals surface area contributed by atoms with E-state index in [9.17, 15) is 17.6 Å². The van der Waals surface area contributed by atoms with Gasteiger partial charge in [-0.15, -0.1) is 0 Å². The van der Waals surface area contributed by atoms with Crippen LogP contribution in [0.1, 0.15) is 6.92 Å². The summed E-state index contributed by atoms with van der Waals surface area (Å²) in [6, 6.07) is 1.30. The van der Waals surface area contributed by atoms with Crippen LogP contribution >= 0.6 is 11.6 Å². The molecule has 0 aliphatic rings. The smallest absolute Gasteiger partial charge is 0.340 e. The maximum atomic E-state index is 12.6. The van der Waals surface area contributed by atoms with Crippen molar-refractivity contribution in [3.63, 3.8) is 0 Å². The Balaban J connectivity index is 2.68. The van der Waals surface area contributed by atoms with Crippen LogP contribution in [0.3, 0.4) is 0 Å². The lowest BCUT2D eigenvalue weighted by atomic mass is 10.4. The van der Waals surface area contributed by atoms with Crippen LogP contribution in [0.25, 0.3) is 0 Å². The Morgan fingerprint density at radius 2 is 2.06 bits per heavy atom. The van der Waals surface area contributed by atoms with Crippen LogP contribution in [0.15, 0.2) is 12.3 Å². The van der Waals surface area contributed by atoms with Gasteiger partial charge in [0, 0.05) is 6.07 Å². The molecule has 0 aliphatic heterocycles. The average Bonchev–Trinajstić information content (AvgIpc) is 2.28. The van der Waals surface area contributed by atoms with Gasteiger partial charge in [-0.2, -0.15) is 8.78 Å². The van der Waals surface area contributed by atoms with Crippen molar-refractivity contribution in [2.24, 2.45) is 0 Å². The largest absolute Gasteiger partial charge is 0.492 e. The van der Waals surface area contributed by atoms with E-state index >= 15 is 0 Å². The lowest BCUT2D eigenvalue weighted by molar-refractivity contribution is -0.148. The highest BCUT2D eigenvalue weighted by molar-refractivity contribution is 6.31. The number of ether oxygens (including phenoxy) is 2. The van der Waals surface area contributed by atoms with Crippen molar-refractivity contribution in [2.75, 3.05) is 13.2 Å². The van der Waals surface area contributed by atoms with Crippen molar-refractivity contribution in [3.05, 3.63) is 17.3 Å². The zero-order chi connectivity index (χ0) is 13.8. The monoisotopic (exact) mass is 287 g/mol. The second kappa shape index (κ2) is 6.08. The summed E-state index contributed by atoms with van der Waals surface area (Å²) in [5, 5.41) is -0.0917. The topological polar surface area (TPSA) is 31.4 Å². The summed E-state index contributed by atoms with van der Waals surface area (Å²) in [7, 11) is 0. The van der Waals surface area contributed by atoms with Gasteiger partial charge in [0.1, 0.15) is 10.8 Å². The number of hydrogen-bond donors (Lipinski definition) is 0. The van der Waals surface area contributed by atoms with E-state index in [0.29, 0.717) is 12.4 Å². The highest BCUT2D eigenvalue weighted by Gasteiger charge is 2.42. The Labute approximate surface area is 106 Å². The van der Waals surface area contributed by atoms with Gasteiger partial charge in [-0.3, -0.25) is 0 Å². The first-order chi connectivity index (χ1) is 8.36. The fourth-order valence-corrected chi connectivity index (χ4v) is 1.20. The van der Waals surface area contributed by atoms with Gasteiger partial charge in [0.05, 0.1) is 12.8 Å². The first-order valence-corrected chi connectivity index (χ1v) is 5.31. The molecule has 0 aliphatic carbocycles. The zero-order valence-electron chi connectivity index (χ0n) is 9.30. The predicted octanol–water partition coefficient (Wildman–Crippen LogP) is 3.41. The zero-order valence-corrected chi connectivity index (χ0v) is 10.1. The molecule has 0 unspecified atom stereocenters. The first kappa shape index (κ1) is 14.8. The van der Waals surface area contributed by atoms with Crippen molar-refractivity contribution in [2.45, 2.75) is 19.3 Å². The van der Waals surface area contributed by atoms with Gasteiger partial charge in [-0.1, -0.05) is 11.6 Å². The average molecular weight is 288 g/mol. The van der Waals surface area contributed by atoms with E-state index in [0.717, 1.165) is 0 Å². The minimum atomic E-state index is -4.25. The summed E-state index contributed by atoms with van der Waals surface area (Å²) < 4.78 is 58.5. The molecule has 0 N–H and O–H groups in total. The molecule has 1 aromatic rings. The summed E-state index contributed by atoms with van der Waals surface area (Å²) in [5.41, 5.74) is 0. The highest BCUT2D eigenvalue weighted by Crippen LogP contribution is 2.29. The number of rotatable bonds is 6. The first-order valence-electron chi connectivity index (χ1n) is 4.94. The van der Waals surface area contributed by atoms with Crippen LogP contribution in [0.4, 0.5) is 17.6 Å². The summed E-state index contributed by atoms with van der Waals surface area (Å²) in [6.07, 6.45) is -2.61. The van der Waals surface area contributed by atoms with Crippen LogP contribution in [-0.2, 0) is 0 Å². The van der Waals surface area contributed by atoms with Crippen molar-refractivity contribution in [1.29, 1.82) is 0 Å². The number of pyridine rings is 1. The molecule has 1 aromatic heterocycles. The van der Waals surface area contributed by atoms with Gasteiger partial charge in [0.2, 0.25) is 5.88 Å². The van der Waals surface area contributed by atoms with Crippen LogP contribution in [0, 0.1) is 0 Å². The number of hydrogen-bond acceptors (Lipinski definition) is 3. The van der Waals surface area contributed by atoms with E-state index in [1.165, 1.54) is 12.3 Å². The molecule has 0 saturated heterocycles. The fourth-order valence-electron chi connectivity index (χ4n) is 0.987. The van der Waals surface area contributed by atoms with Crippen LogP contribution in [0.2, 0.25) is 5.02 Å². The fraction of sp³-hybridized carbons (Fsp3) is 0.500. The molecule has 0 saturated carbocycles. The second-order valence-corrected chi connectivity index (χ2v) is 3.65. The normalized spacial score (nSPS) is 11.7. The Bertz CT molecular complexity index is 403. The highest BCUT2D eigenvalue weighted by atomic mass is 35.5. The van der Waals surface area contributed by atoms with E-state index in [2.05, 4.69) is 9.72 Å². The Hall–Kier alpha value is -1.24. The minimum Gasteiger partial charge on any atom is -0.492 e. The van der Waals surface area contributed by atoms with Crippen molar-refractivity contribution in [1.82, 2.24) is 4.98 Å². The third-order valence-electron chi connectivity index (χ3n) is 1.81. The molecule has 0 aromatic carbocycles. The van der Waals surface area contributed by atoms with Gasteiger partial charge >= 0.3 is 12.3 Å². The third-order valence-corrected chi connectivity index (χ3v) is 2.08. The molecule has 0 atom stereocenters. The SMILES string of the molecule is CCOc1cnc(OCC(F)(F)C(F)F)c(Cl)c1. The van der Waals surface area contributed by atoms with Crippen molar-refractivity contribution >= 4 is 11.6 Å². The molecule has 0 fully saturated rings. The molecule has 0 amide bonds. The Morgan fingerprint density at radius 1 is 1.39 bits per heavy atom. The molecule has 0 bridgehead atoms. The van der Waals surface area contributed by atoms with Gasteiger partial charge in [0.15, 0.2) is 6.61 Å². The van der Waals surface area contributed by atoms with E-state index in [4.69, 9.17) is 16.3 Å². The van der Waals surface area contributed by atoms with Crippen LogP contribution in [0.5, 0.6) is 11.6 Å². The number of aromatic nitrogens is 1. The predicted molar refractivity (Wildman–Crippen MR) is 56.9 cm³/mol.